The summed E-state index contributed by atoms with van der Waals surface area (Å²) in [5.74, 6) is 0.192. The lowest BCUT2D eigenvalue weighted by atomic mass is 9.86. The molecule has 13 heavy (non-hydrogen) atoms. The molecule has 2 nitrogen and oxygen atoms in total. The largest absolute Gasteiger partial charge is 0.508 e. The van der Waals surface area contributed by atoms with Gasteiger partial charge in [-0.3, -0.25) is 4.79 Å². The van der Waals surface area contributed by atoms with Crippen LogP contribution in [0.25, 0.3) is 0 Å². The number of carbonyl (C=O) groups excluding carboxylic acids is 1. The van der Waals surface area contributed by atoms with Crippen molar-refractivity contribution in [2.45, 2.75) is 26.2 Å². The molecule has 0 amide bonds. The SMILES string of the molecule is CC(C)(C)c1ccc(C=O)cc1O. The van der Waals surface area contributed by atoms with Crippen molar-refractivity contribution in [1.29, 1.82) is 0 Å². The van der Waals surface area contributed by atoms with E-state index in [9.17, 15) is 9.90 Å². The predicted molar refractivity (Wildman–Crippen MR) is 52.2 cm³/mol. The first-order valence-electron chi connectivity index (χ1n) is 4.24. The summed E-state index contributed by atoms with van der Waals surface area (Å²) in [6.45, 7) is 6.05. The average molecular weight is 178 g/mol. The highest BCUT2D eigenvalue weighted by Gasteiger charge is 2.17. The number of hydrogen-bond acceptors (Lipinski definition) is 2. The van der Waals surface area contributed by atoms with Gasteiger partial charge in [-0.15, -0.1) is 0 Å². The monoisotopic (exact) mass is 178 g/mol. The first-order valence-corrected chi connectivity index (χ1v) is 4.24. The molecule has 0 heterocycles. The number of hydrogen-bond donors (Lipinski definition) is 1. The van der Waals surface area contributed by atoms with E-state index in [1.54, 1.807) is 12.1 Å². The van der Waals surface area contributed by atoms with E-state index < -0.39 is 0 Å². The van der Waals surface area contributed by atoms with Crippen LogP contribution in [0.5, 0.6) is 5.75 Å². The predicted octanol–water partition coefficient (Wildman–Crippen LogP) is 2.50. The van der Waals surface area contributed by atoms with Crippen molar-refractivity contribution in [3.63, 3.8) is 0 Å². The highest BCUT2D eigenvalue weighted by atomic mass is 16.3. The number of aromatic hydroxyl groups is 1. The molecule has 0 atom stereocenters. The molecule has 0 unspecified atom stereocenters. The van der Waals surface area contributed by atoms with Crippen molar-refractivity contribution in [2.75, 3.05) is 0 Å². The molecule has 0 aliphatic heterocycles. The van der Waals surface area contributed by atoms with Crippen LogP contribution in [-0.2, 0) is 5.41 Å². The van der Waals surface area contributed by atoms with Crippen LogP contribution < -0.4 is 0 Å². The first-order chi connectivity index (χ1) is 5.95. The molecule has 0 bridgehead atoms. The van der Waals surface area contributed by atoms with Gasteiger partial charge >= 0.3 is 0 Å². The number of aldehydes is 1. The second kappa shape index (κ2) is 3.21. The third-order valence-electron chi connectivity index (χ3n) is 1.97. The minimum absolute atomic E-state index is 0.0918. The fourth-order valence-corrected chi connectivity index (χ4v) is 1.26. The van der Waals surface area contributed by atoms with Crippen LogP contribution in [0.2, 0.25) is 0 Å². The fraction of sp³-hybridized carbons (Fsp3) is 0.364. The molecule has 2 heteroatoms. The van der Waals surface area contributed by atoms with Crippen LogP contribution >= 0.6 is 0 Å². The molecule has 0 aliphatic rings. The maximum absolute atomic E-state index is 10.4. The summed E-state index contributed by atoms with van der Waals surface area (Å²) in [6.07, 6.45) is 0.728. The van der Waals surface area contributed by atoms with E-state index in [1.807, 2.05) is 20.8 Å². The lowest BCUT2D eigenvalue weighted by molar-refractivity contribution is 0.112. The lowest BCUT2D eigenvalue weighted by Crippen LogP contribution is -2.11. The molecule has 1 aromatic rings. The van der Waals surface area contributed by atoms with Gasteiger partial charge < -0.3 is 5.11 Å². The van der Waals surface area contributed by atoms with Crippen LogP contribution in [0.3, 0.4) is 0 Å². The Bertz CT molecular complexity index is 321. The quantitative estimate of drug-likeness (QED) is 0.671. The summed E-state index contributed by atoms with van der Waals surface area (Å²) in [7, 11) is 0. The molecule has 1 N–H and O–H groups in total. The Kier molecular flexibility index (Phi) is 2.41. The van der Waals surface area contributed by atoms with Gasteiger partial charge in [0.15, 0.2) is 0 Å². The summed E-state index contributed by atoms with van der Waals surface area (Å²) in [6, 6.07) is 5.00. The molecular weight excluding hydrogens is 164 g/mol. The number of benzene rings is 1. The maximum atomic E-state index is 10.4. The van der Waals surface area contributed by atoms with Crippen LogP contribution in [-0.4, -0.2) is 11.4 Å². The molecule has 0 spiro atoms. The van der Waals surface area contributed by atoms with Gasteiger partial charge in [-0.05, 0) is 17.0 Å². The normalized spacial score (nSPS) is 11.3. The van der Waals surface area contributed by atoms with Gasteiger partial charge in [0, 0.05) is 5.56 Å². The van der Waals surface area contributed by atoms with Crippen molar-refractivity contribution >= 4 is 6.29 Å². The standard InChI is InChI=1S/C11H14O2/c1-11(2,3)9-5-4-8(7-12)6-10(9)13/h4-7,13H,1-3H3. The summed E-state index contributed by atoms with van der Waals surface area (Å²) >= 11 is 0. The summed E-state index contributed by atoms with van der Waals surface area (Å²) in [4.78, 5) is 10.4. The highest BCUT2D eigenvalue weighted by molar-refractivity contribution is 5.76. The summed E-state index contributed by atoms with van der Waals surface area (Å²) < 4.78 is 0. The Morgan fingerprint density at radius 2 is 1.92 bits per heavy atom. The van der Waals surface area contributed by atoms with E-state index >= 15 is 0 Å². The van der Waals surface area contributed by atoms with Crippen LogP contribution in [0, 0.1) is 0 Å². The van der Waals surface area contributed by atoms with Gasteiger partial charge in [0.25, 0.3) is 0 Å². The van der Waals surface area contributed by atoms with Crippen molar-refractivity contribution in [1.82, 2.24) is 0 Å². The molecule has 1 aromatic carbocycles. The molecule has 0 saturated heterocycles. The van der Waals surface area contributed by atoms with Gasteiger partial charge in [-0.1, -0.05) is 32.9 Å². The molecule has 0 aliphatic carbocycles. The molecule has 70 valence electrons. The molecule has 0 radical (unpaired) electrons. The highest BCUT2D eigenvalue weighted by Crippen LogP contribution is 2.30. The number of phenols is 1. The van der Waals surface area contributed by atoms with E-state index in [-0.39, 0.29) is 11.2 Å². The maximum Gasteiger partial charge on any atom is 0.150 e. The van der Waals surface area contributed by atoms with Crippen LogP contribution in [0.4, 0.5) is 0 Å². The van der Waals surface area contributed by atoms with Gasteiger partial charge in [0.05, 0.1) is 0 Å². The van der Waals surface area contributed by atoms with Crippen molar-refractivity contribution in [3.05, 3.63) is 29.3 Å². The van der Waals surface area contributed by atoms with Crippen molar-refractivity contribution in [2.24, 2.45) is 0 Å². The Morgan fingerprint density at radius 1 is 1.31 bits per heavy atom. The van der Waals surface area contributed by atoms with E-state index in [4.69, 9.17) is 0 Å². The van der Waals surface area contributed by atoms with E-state index in [2.05, 4.69) is 0 Å². The molecular formula is C11H14O2. The fourth-order valence-electron chi connectivity index (χ4n) is 1.26. The zero-order chi connectivity index (χ0) is 10.1. The Balaban J connectivity index is 3.20. The minimum Gasteiger partial charge on any atom is -0.508 e. The lowest BCUT2D eigenvalue weighted by Gasteiger charge is -2.20. The van der Waals surface area contributed by atoms with Crippen LogP contribution in [0.15, 0.2) is 18.2 Å². The van der Waals surface area contributed by atoms with E-state index in [0.717, 1.165) is 11.8 Å². The Morgan fingerprint density at radius 3 is 2.31 bits per heavy atom. The Hall–Kier alpha value is -1.31. The number of phenolic OH excluding ortho intramolecular Hbond substituents is 1. The van der Waals surface area contributed by atoms with Gasteiger partial charge in [0.2, 0.25) is 0 Å². The third-order valence-corrected chi connectivity index (χ3v) is 1.97. The molecule has 0 saturated carbocycles. The van der Waals surface area contributed by atoms with Crippen molar-refractivity contribution in [3.8, 4) is 5.75 Å². The second-order valence-electron chi connectivity index (χ2n) is 4.14. The van der Waals surface area contributed by atoms with E-state index in [1.165, 1.54) is 6.07 Å². The second-order valence-corrected chi connectivity index (χ2v) is 4.14. The van der Waals surface area contributed by atoms with Crippen molar-refractivity contribution < 1.29 is 9.90 Å². The van der Waals surface area contributed by atoms with Crippen LogP contribution in [0.1, 0.15) is 36.7 Å². The third kappa shape index (κ3) is 2.08. The molecule has 0 aromatic heterocycles. The zero-order valence-corrected chi connectivity index (χ0v) is 8.16. The zero-order valence-electron chi connectivity index (χ0n) is 8.16. The molecule has 0 fully saturated rings. The summed E-state index contributed by atoms with van der Waals surface area (Å²) in [5.41, 5.74) is 1.27. The van der Waals surface area contributed by atoms with Gasteiger partial charge in [0.1, 0.15) is 12.0 Å². The number of carbonyl (C=O) groups is 1. The molecule has 1 rings (SSSR count). The first kappa shape index (κ1) is 9.78. The average Bonchev–Trinajstić information content (AvgIpc) is 2.01. The Labute approximate surface area is 78.2 Å². The minimum atomic E-state index is -0.0918. The van der Waals surface area contributed by atoms with E-state index in [0.29, 0.717) is 5.56 Å². The number of rotatable bonds is 1. The van der Waals surface area contributed by atoms with Gasteiger partial charge in [-0.2, -0.15) is 0 Å². The summed E-state index contributed by atoms with van der Waals surface area (Å²) in [5, 5.41) is 9.60. The smallest absolute Gasteiger partial charge is 0.150 e. The van der Waals surface area contributed by atoms with Gasteiger partial charge in [-0.25, -0.2) is 0 Å². The topological polar surface area (TPSA) is 37.3 Å².